The number of carbonyl (C=O) groups is 2. The van der Waals surface area contributed by atoms with E-state index >= 15 is 0 Å². The average molecular weight is 763 g/mol. The molecule has 252 valence electrons. The summed E-state index contributed by atoms with van der Waals surface area (Å²) in [6.07, 6.45) is -5.63. The second-order valence-electron chi connectivity index (χ2n) is 9.53. The van der Waals surface area contributed by atoms with Gasteiger partial charge in [-0.05, 0) is 11.1 Å². The van der Waals surface area contributed by atoms with Crippen molar-refractivity contribution in [2.45, 2.75) is 51.4 Å². The maximum Gasteiger partial charge on any atom is 0.508 e. The van der Waals surface area contributed by atoms with Crippen LogP contribution < -0.4 is 5.32 Å². The fourth-order valence-corrected chi connectivity index (χ4v) is 4.35. The maximum atomic E-state index is 12.9. The molecular formula is C29H30Cl6N2O9. The highest BCUT2D eigenvalue weighted by atomic mass is 35.6. The first-order valence-corrected chi connectivity index (χ1v) is 15.7. The molecule has 2 aromatic rings. The Labute approximate surface area is 295 Å². The van der Waals surface area contributed by atoms with Crippen molar-refractivity contribution in [1.82, 2.24) is 5.32 Å². The smallest absolute Gasteiger partial charge is 0.446 e. The van der Waals surface area contributed by atoms with E-state index in [9.17, 15) is 9.59 Å². The molecule has 1 amide bonds. The van der Waals surface area contributed by atoms with Crippen LogP contribution in [0.5, 0.6) is 0 Å². The van der Waals surface area contributed by atoms with Crippen LogP contribution in [0, 0.1) is 5.41 Å². The fraction of sp³-hybridized carbons (Fsp3) is 0.414. The van der Waals surface area contributed by atoms with Gasteiger partial charge in [-0.15, -0.1) is 0 Å². The minimum absolute atomic E-state index is 0.0155. The van der Waals surface area contributed by atoms with Crippen molar-refractivity contribution >= 4 is 87.8 Å². The molecule has 1 saturated heterocycles. The number of hydrogen-bond donors (Lipinski definition) is 2. The van der Waals surface area contributed by atoms with Crippen LogP contribution in [0.4, 0.5) is 9.59 Å². The van der Waals surface area contributed by atoms with Gasteiger partial charge in [0, 0.05) is 0 Å². The van der Waals surface area contributed by atoms with E-state index in [2.05, 4.69) is 11.9 Å². The van der Waals surface area contributed by atoms with Gasteiger partial charge in [-0.1, -0.05) is 143 Å². The van der Waals surface area contributed by atoms with Crippen molar-refractivity contribution in [2.75, 3.05) is 19.8 Å². The first-order valence-electron chi connectivity index (χ1n) is 13.5. The largest absolute Gasteiger partial charge is 0.508 e. The lowest BCUT2D eigenvalue weighted by atomic mass is 9.96. The summed E-state index contributed by atoms with van der Waals surface area (Å²) in [5.41, 5.74) is 1.55. The number of alkyl carbamates (subject to hydrolysis) is 1. The fourth-order valence-electron chi connectivity index (χ4n) is 4.05. The van der Waals surface area contributed by atoms with E-state index in [0.717, 1.165) is 11.1 Å². The normalized spacial score (nSPS) is 21.5. The molecule has 1 aliphatic rings. The summed E-state index contributed by atoms with van der Waals surface area (Å²) in [5.74, 6) is -0.848. The Morgan fingerprint density at radius 1 is 0.870 bits per heavy atom. The Morgan fingerprint density at radius 2 is 1.43 bits per heavy atom. The zero-order valence-electron chi connectivity index (χ0n) is 23.9. The van der Waals surface area contributed by atoms with Crippen LogP contribution in [-0.4, -0.2) is 76.2 Å². The number of rotatable bonds is 13. The number of alkyl halides is 6. The van der Waals surface area contributed by atoms with Gasteiger partial charge in [0.15, 0.2) is 0 Å². The average Bonchev–Trinajstić information content (AvgIpc) is 3.01. The molecule has 11 nitrogen and oxygen atoms in total. The van der Waals surface area contributed by atoms with Crippen molar-refractivity contribution in [3.8, 4) is 0 Å². The number of carbonyl (C=O) groups excluding carboxylic acids is 2. The van der Waals surface area contributed by atoms with Crippen molar-refractivity contribution in [1.29, 1.82) is 5.41 Å². The van der Waals surface area contributed by atoms with E-state index in [-0.39, 0.29) is 19.8 Å². The highest BCUT2D eigenvalue weighted by Crippen LogP contribution is 2.33. The third kappa shape index (κ3) is 13.1. The highest BCUT2D eigenvalue weighted by Gasteiger charge is 2.51. The van der Waals surface area contributed by atoms with Gasteiger partial charge >= 0.3 is 12.2 Å². The molecule has 0 saturated carbocycles. The predicted molar refractivity (Wildman–Crippen MR) is 174 cm³/mol. The molecule has 1 heterocycles. The van der Waals surface area contributed by atoms with Crippen LogP contribution >= 0.6 is 69.6 Å². The summed E-state index contributed by atoms with van der Waals surface area (Å²) in [5, 5.41) is 10.8. The van der Waals surface area contributed by atoms with Gasteiger partial charge in [0.05, 0.1) is 13.2 Å². The third-order valence-electron chi connectivity index (χ3n) is 6.04. The van der Waals surface area contributed by atoms with Gasteiger partial charge in [-0.3, -0.25) is 5.41 Å². The van der Waals surface area contributed by atoms with Crippen molar-refractivity contribution in [2.24, 2.45) is 0 Å². The third-order valence-corrected chi connectivity index (χ3v) is 6.89. The van der Waals surface area contributed by atoms with Crippen molar-refractivity contribution < 1.29 is 42.7 Å². The van der Waals surface area contributed by atoms with Crippen molar-refractivity contribution in [3.63, 3.8) is 0 Å². The molecule has 2 N–H and O–H groups in total. The standard InChI is InChI=1S/C29H30Cl6N2O9/c1-2-13-40-27(39)43-16-20-22(41-14-18-9-5-3-6-10-18)23(42-15-19-11-7-4-8-12-19)21(37-26(38)44-17-28(30,31)32)24(45-20)46-25(36)29(33,34)35/h2-12,20-24,36H,1,13-17H2,(H,37,38)/t20-,21-,22-,23-,24?/m1/s1. The molecule has 46 heavy (non-hydrogen) atoms. The molecule has 0 aromatic heterocycles. The lowest BCUT2D eigenvalue weighted by Crippen LogP contribution is -2.66. The molecule has 2 aromatic carbocycles. The predicted octanol–water partition coefficient (Wildman–Crippen LogP) is 7.05. The summed E-state index contributed by atoms with van der Waals surface area (Å²) < 4.78 is 35.4. The van der Waals surface area contributed by atoms with E-state index in [0.29, 0.717) is 0 Å². The van der Waals surface area contributed by atoms with Gasteiger partial charge in [0.2, 0.25) is 16.0 Å². The first kappa shape index (κ1) is 38.3. The number of ether oxygens (including phenoxy) is 7. The Kier molecular flexibility index (Phi) is 15.3. The number of benzene rings is 2. The van der Waals surface area contributed by atoms with Gasteiger partial charge < -0.3 is 38.5 Å². The second-order valence-corrected chi connectivity index (χ2v) is 14.3. The molecule has 5 atom stereocenters. The van der Waals surface area contributed by atoms with Crippen LogP contribution in [-0.2, 0) is 46.4 Å². The number of nitrogens with one attached hydrogen (secondary N) is 2. The zero-order chi connectivity index (χ0) is 33.7. The highest BCUT2D eigenvalue weighted by molar-refractivity contribution is 6.76. The molecule has 0 bridgehead atoms. The zero-order valence-corrected chi connectivity index (χ0v) is 28.5. The minimum Gasteiger partial charge on any atom is -0.446 e. The van der Waals surface area contributed by atoms with Crippen LogP contribution in [0.15, 0.2) is 73.3 Å². The molecule has 1 fully saturated rings. The van der Waals surface area contributed by atoms with Gasteiger partial charge in [0.1, 0.15) is 44.2 Å². The number of hydrogen-bond acceptors (Lipinski definition) is 10. The maximum absolute atomic E-state index is 12.9. The molecular weight excluding hydrogens is 733 g/mol. The van der Waals surface area contributed by atoms with Gasteiger partial charge in [-0.2, -0.15) is 0 Å². The van der Waals surface area contributed by atoms with Crippen LogP contribution in [0.25, 0.3) is 0 Å². The summed E-state index contributed by atoms with van der Waals surface area (Å²) in [6.45, 7) is 2.41. The Bertz CT molecular complexity index is 1280. The van der Waals surface area contributed by atoms with Crippen molar-refractivity contribution in [3.05, 3.63) is 84.4 Å². The molecule has 0 spiro atoms. The number of amides is 1. The molecule has 0 radical (unpaired) electrons. The Morgan fingerprint density at radius 3 is 1.96 bits per heavy atom. The lowest BCUT2D eigenvalue weighted by Gasteiger charge is -2.45. The first-order chi connectivity index (χ1) is 21.8. The minimum atomic E-state index is -2.31. The van der Waals surface area contributed by atoms with E-state index in [1.54, 1.807) is 0 Å². The molecule has 1 unspecified atom stereocenters. The quantitative estimate of drug-likeness (QED) is 0.0724. The van der Waals surface area contributed by atoms with E-state index in [4.69, 9.17) is 108 Å². The lowest BCUT2D eigenvalue weighted by molar-refractivity contribution is -0.270. The van der Waals surface area contributed by atoms with Gasteiger partial charge in [-0.25, -0.2) is 9.59 Å². The summed E-state index contributed by atoms with van der Waals surface area (Å²) in [7, 11) is 0. The molecule has 1 aliphatic heterocycles. The van der Waals surface area contributed by atoms with Crippen LogP contribution in [0.1, 0.15) is 11.1 Å². The van der Waals surface area contributed by atoms with E-state index < -0.39 is 69.6 Å². The van der Waals surface area contributed by atoms with E-state index in [1.807, 2.05) is 60.7 Å². The second kappa shape index (κ2) is 18.4. The van der Waals surface area contributed by atoms with Gasteiger partial charge in [0.25, 0.3) is 3.79 Å². The summed E-state index contributed by atoms with van der Waals surface area (Å²) in [4.78, 5) is 25.2. The Balaban J connectivity index is 2.01. The van der Waals surface area contributed by atoms with E-state index in [1.165, 1.54) is 6.08 Å². The Hall–Kier alpha value is -2.19. The molecule has 0 aliphatic carbocycles. The SMILES string of the molecule is C=CCOC(=O)OC[C@H]1OC(OC(=N)C(Cl)(Cl)Cl)[C@H](NC(=O)OCC(Cl)(Cl)Cl)[C@@H](OCc2ccccc2)[C@@H]1OCc1ccccc1. The summed E-state index contributed by atoms with van der Waals surface area (Å²) >= 11 is 34.9. The monoisotopic (exact) mass is 760 g/mol. The van der Waals surface area contributed by atoms with Crippen LogP contribution in [0.2, 0.25) is 0 Å². The van der Waals surface area contributed by atoms with Crippen LogP contribution in [0.3, 0.4) is 0 Å². The molecule has 3 rings (SSSR count). The summed E-state index contributed by atoms with van der Waals surface area (Å²) in [6, 6.07) is 17.0. The topological polar surface area (TPSA) is 135 Å². The molecule has 17 heteroatoms. The number of halogens is 6.